The first-order valence-electron chi connectivity index (χ1n) is 8.95. The molecule has 0 bridgehead atoms. The Hall–Kier alpha value is -1.56. The molecule has 0 atom stereocenters. The minimum Gasteiger partial charge on any atom is -0.360 e. The number of benzene rings is 1. The summed E-state index contributed by atoms with van der Waals surface area (Å²) in [5, 5.41) is 8.04. The van der Waals surface area contributed by atoms with E-state index in [1.54, 1.807) is 25.1 Å². The second-order valence-corrected chi connectivity index (χ2v) is 7.46. The molecule has 0 radical (unpaired) electrons. The number of amides is 1. The van der Waals surface area contributed by atoms with Crippen LogP contribution in [0.4, 0.5) is 0 Å². The van der Waals surface area contributed by atoms with Crippen molar-refractivity contribution in [2.75, 3.05) is 19.6 Å². The normalized spacial score (nSPS) is 16.0. The van der Waals surface area contributed by atoms with Gasteiger partial charge in [0.15, 0.2) is 0 Å². The molecule has 1 N–H and O–H groups in total. The van der Waals surface area contributed by atoms with Gasteiger partial charge in [-0.15, -0.1) is 0 Å². The lowest BCUT2D eigenvalue weighted by Crippen LogP contribution is -2.44. The molecule has 1 aromatic carbocycles. The Bertz CT molecular complexity index is 763. The van der Waals surface area contributed by atoms with Gasteiger partial charge >= 0.3 is 0 Å². The van der Waals surface area contributed by atoms with Gasteiger partial charge in [-0.1, -0.05) is 41.3 Å². The van der Waals surface area contributed by atoms with Crippen molar-refractivity contribution in [2.45, 2.75) is 39.2 Å². The van der Waals surface area contributed by atoms with Crippen LogP contribution in [0.3, 0.4) is 0 Å². The molecule has 0 unspecified atom stereocenters. The number of likely N-dealkylation sites (tertiary alicyclic amines) is 1. The van der Waals surface area contributed by atoms with Crippen molar-refractivity contribution in [3.8, 4) is 11.3 Å². The number of hydrogen-bond donors (Lipinski definition) is 1. The van der Waals surface area contributed by atoms with Gasteiger partial charge in [0.25, 0.3) is 5.91 Å². The second kappa shape index (κ2) is 8.42. The number of carbonyl (C=O) groups excluding carboxylic acids is 1. The molecule has 0 aliphatic carbocycles. The molecule has 1 aliphatic rings. The average molecular weight is 396 g/mol. The zero-order chi connectivity index (χ0) is 18.7. The number of hydrogen-bond acceptors (Lipinski definition) is 4. The summed E-state index contributed by atoms with van der Waals surface area (Å²) >= 11 is 12.6. The number of carbonyl (C=O) groups is 1. The maximum absolute atomic E-state index is 12.9. The molecular weight excluding hydrogens is 373 g/mol. The summed E-state index contributed by atoms with van der Waals surface area (Å²) in [5.41, 5.74) is 1.31. The van der Waals surface area contributed by atoms with Crippen molar-refractivity contribution in [3.05, 3.63) is 39.6 Å². The molecule has 1 saturated heterocycles. The fourth-order valence-electron chi connectivity index (χ4n) is 3.41. The molecule has 1 aromatic heterocycles. The van der Waals surface area contributed by atoms with Crippen LogP contribution >= 0.6 is 23.2 Å². The Morgan fingerprint density at radius 1 is 1.31 bits per heavy atom. The fraction of sp³-hybridized carbons (Fsp3) is 0.474. The third kappa shape index (κ3) is 4.05. The van der Waals surface area contributed by atoms with E-state index >= 15 is 0 Å². The van der Waals surface area contributed by atoms with E-state index in [9.17, 15) is 4.79 Å². The van der Waals surface area contributed by atoms with Gasteiger partial charge in [0.05, 0.1) is 10.0 Å². The van der Waals surface area contributed by atoms with Crippen LogP contribution in [0, 0.1) is 6.92 Å². The van der Waals surface area contributed by atoms with Gasteiger partial charge in [-0.3, -0.25) is 4.79 Å². The van der Waals surface area contributed by atoms with E-state index in [2.05, 4.69) is 22.3 Å². The number of nitrogens with one attached hydrogen (secondary N) is 1. The summed E-state index contributed by atoms with van der Waals surface area (Å²) in [6.07, 6.45) is 3.04. The van der Waals surface area contributed by atoms with E-state index in [0.29, 0.717) is 32.6 Å². The summed E-state index contributed by atoms with van der Waals surface area (Å²) in [4.78, 5) is 15.3. The summed E-state index contributed by atoms with van der Waals surface area (Å²) in [6, 6.07) is 5.35. The quantitative estimate of drug-likeness (QED) is 0.805. The first kappa shape index (κ1) is 19.2. The highest BCUT2D eigenvalue weighted by Crippen LogP contribution is 2.36. The molecule has 140 valence electrons. The van der Waals surface area contributed by atoms with Gasteiger partial charge in [0.2, 0.25) is 0 Å². The topological polar surface area (TPSA) is 58.4 Å². The van der Waals surface area contributed by atoms with Crippen molar-refractivity contribution >= 4 is 29.1 Å². The fourth-order valence-corrected chi connectivity index (χ4v) is 3.99. The van der Waals surface area contributed by atoms with Crippen LogP contribution in [0.2, 0.25) is 10.0 Å². The average Bonchev–Trinajstić information content (AvgIpc) is 2.98. The van der Waals surface area contributed by atoms with Gasteiger partial charge in [-0.25, -0.2) is 0 Å². The van der Waals surface area contributed by atoms with Crippen molar-refractivity contribution in [3.63, 3.8) is 0 Å². The highest BCUT2D eigenvalue weighted by atomic mass is 35.5. The molecule has 0 spiro atoms. The first-order valence-corrected chi connectivity index (χ1v) is 9.70. The molecule has 1 aliphatic heterocycles. The van der Waals surface area contributed by atoms with Crippen LogP contribution in [0.25, 0.3) is 11.3 Å². The molecular formula is C19H23Cl2N3O2. The standard InChI is InChI=1S/C19H23Cl2N3O2/c1-3-9-24-10-7-13(8-11-24)22-19(25)16-12(2)26-23-18(16)17-14(20)5-4-6-15(17)21/h4-6,13H,3,7-11H2,1-2H3,(H,22,25). The lowest BCUT2D eigenvalue weighted by atomic mass is 10.0. The number of rotatable bonds is 5. The van der Waals surface area contributed by atoms with Gasteiger partial charge in [0, 0.05) is 24.7 Å². The minimum atomic E-state index is -0.191. The largest absolute Gasteiger partial charge is 0.360 e. The van der Waals surface area contributed by atoms with E-state index in [1.807, 2.05) is 0 Å². The van der Waals surface area contributed by atoms with Crippen LogP contribution in [0.5, 0.6) is 0 Å². The van der Waals surface area contributed by atoms with Crippen LogP contribution in [-0.4, -0.2) is 41.6 Å². The minimum absolute atomic E-state index is 0.152. The molecule has 5 nitrogen and oxygen atoms in total. The predicted molar refractivity (Wildman–Crippen MR) is 104 cm³/mol. The maximum atomic E-state index is 12.9. The molecule has 26 heavy (non-hydrogen) atoms. The lowest BCUT2D eigenvalue weighted by molar-refractivity contribution is 0.0910. The number of nitrogens with zero attached hydrogens (tertiary/aromatic N) is 2. The number of aromatic nitrogens is 1. The highest BCUT2D eigenvalue weighted by molar-refractivity contribution is 6.39. The van der Waals surface area contributed by atoms with Crippen LogP contribution < -0.4 is 5.32 Å². The highest BCUT2D eigenvalue weighted by Gasteiger charge is 2.27. The van der Waals surface area contributed by atoms with Gasteiger partial charge < -0.3 is 14.7 Å². The van der Waals surface area contributed by atoms with E-state index < -0.39 is 0 Å². The van der Waals surface area contributed by atoms with Gasteiger partial charge in [-0.2, -0.15) is 0 Å². The molecule has 2 aromatic rings. The van der Waals surface area contributed by atoms with E-state index in [-0.39, 0.29) is 11.9 Å². The van der Waals surface area contributed by atoms with E-state index in [0.717, 1.165) is 38.9 Å². The number of halogens is 2. The summed E-state index contributed by atoms with van der Waals surface area (Å²) in [5.74, 6) is 0.264. The predicted octanol–water partition coefficient (Wildman–Crippen LogP) is 4.56. The van der Waals surface area contributed by atoms with Crippen molar-refractivity contribution in [2.24, 2.45) is 0 Å². The van der Waals surface area contributed by atoms with E-state index in [1.165, 1.54) is 0 Å². The Kier molecular flexibility index (Phi) is 6.22. The zero-order valence-corrected chi connectivity index (χ0v) is 16.5. The Labute approximate surface area is 163 Å². The maximum Gasteiger partial charge on any atom is 0.257 e. The van der Waals surface area contributed by atoms with Crippen molar-refractivity contribution in [1.29, 1.82) is 0 Å². The molecule has 1 amide bonds. The summed E-state index contributed by atoms with van der Waals surface area (Å²) < 4.78 is 5.28. The Balaban J connectivity index is 1.78. The number of piperidine rings is 1. The summed E-state index contributed by atoms with van der Waals surface area (Å²) in [6.45, 7) is 7.03. The molecule has 3 rings (SSSR count). The van der Waals surface area contributed by atoms with Gasteiger partial charge in [-0.05, 0) is 44.9 Å². The lowest BCUT2D eigenvalue weighted by Gasteiger charge is -2.32. The second-order valence-electron chi connectivity index (χ2n) is 6.65. The van der Waals surface area contributed by atoms with Crippen molar-refractivity contribution in [1.82, 2.24) is 15.4 Å². The van der Waals surface area contributed by atoms with Crippen LogP contribution in [-0.2, 0) is 0 Å². The monoisotopic (exact) mass is 395 g/mol. The van der Waals surface area contributed by atoms with E-state index in [4.69, 9.17) is 27.7 Å². The smallest absolute Gasteiger partial charge is 0.257 e. The first-order chi connectivity index (χ1) is 12.5. The number of aryl methyl sites for hydroxylation is 1. The summed E-state index contributed by atoms with van der Waals surface area (Å²) in [7, 11) is 0. The van der Waals surface area contributed by atoms with Crippen LogP contribution in [0.15, 0.2) is 22.7 Å². The third-order valence-electron chi connectivity index (χ3n) is 4.75. The molecule has 7 heteroatoms. The molecule has 2 heterocycles. The van der Waals surface area contributed by atoms with Gasteiger partial charge in [0.1, 0.15) is 17.0 Å². The Morgan fingerprint density at radius 2 is 1.96 bits per heavy atom. The molecule has 0 saturated carbocycles. The Morgan fingerprint density at radius 3 is 2.58 bits per heavy atom. The molecule has 1 fully saturated rings. The van der Waals surface area contributed by atoms with Crippen LogP contribution in [0.1, 0.15) is 42.3 Å². The van der Waals surface area contributed by atoms with Crippen molar-refractivity contribution < 1.29 is 9.32 Å². The SMILES string of the molecule is CCCN1CCC(NC(=O)c2c(-c3c(Cl)cccc3Cl)noc2C)CC1. The zero-order valence-electron chi connectivity index (χ0n) is 15.0. The third-order valence-corrected chi connectivity index (χ3v) is 5.38.